The van der Waals surface area contributed by atoms with Gasteiger partial charge in [0.1, 0.15) is 5.82 Å². The lowest BCUT2D eigenvalue weighted by molar-refractivity contribution is 0.628. The Morgan fingerprint density at radius 3 is 1.52 bits per heavy atom. The highest BCUT2D eigenvalue weighted by atomic mass is 28.3. The molecule has 0 heterocycles. The first-order valence-corrected chi connectivity index (χ1v) is 9.86. The van der Waals surface area contributed by atoms with Crippen molar-refractivity contribution >= 4 is 23.6 Å². The number of allylic oxidation sites excluding steroid dienone is 1. The van der Waals surface area contributed by atoms with E-state index in [4.69, 9.17) is 0 Å². The molecule has 0 aromatic heterocycles. The Kier molecular flexibility index (Phi) is 4.54. The van der Waals surface area contributed by atoms with E-state index in [1.54, 1.807) is 12.1 Å². The van der Waals surface area contributed by atoms with Crippen LogP contribution in [0.4, 0.5) is 4.39 Å². The average molecular weight is 318 g/mol. The van der Waals surface area contributed by atoms with Crippen LogP contribution < -0.4 is 15.6 Å². The minimum absolute atomic E-state index is 0.196. The van der Waals surface area contributed by atoms with Crippen LogP contribution in [0.2, 0.25) is 0 Å². The molecule has 0 saturated heterocycles. The second kappa shape index (κ2) is 6.76. The van der Waals surface area contributed by atoms with Crippen LogP contribution in [-0.2, 0) is 0 Å². The van der Waals surface area contributed by atoms with Gasteiger partial charge >= 0.3 is 0 Å². The smallest absolute Gasteiger partial charge is 0.172 e. The Balaban J connectivity index is 2.33. The van der Waals surface area contributed by atoms with Gasteiger partial charge in [-0.3, -0.25) is 0 Å². The molecule has 0 unspecified atom stereocenters. The summed E-state index contributed by atoms with van der Waals surface area (Å²) in [5.74, 6) is -0.196. The average Bonchev–Trinajstić information content (AvgIpc) is 2.62. The first-order valence-electron chi connectivity index (χ1n) is 7.78. The van der Waals surface area contributed by atoms with Gasteiger partial charge in [0.05, 0.1) is 0 Å². The standard InChI is InChI=1S/C21H19FSi/c1-2-17-23(19-9-5-3-6-10-19,20-11-7-4-8-12-20)21-15-13-18(22)14-16-21/h2-17H,1H3/b17-2+. The quantitative estimate of drug-likeness (QED) is 0.511. The van der Waals surface area contributed by atoms with E-state index in [1.807, 2.05) is 24.3 Å². The van der Waals surface area contributed by atoms with Crippen LogP contribution in [0, 0.1) is 5.82 Å². The molecule has 0 amide bonds. The van der Waals surface area contributed by atoms with Gasteiger partial charge in [0.15, 0.2) is 8.07 Å². The third-order valence-electron chi connectivity index (χ3n) is 4.17. The molecule has 0 saturated carbocycles. The van der Waals surface area contributed by atoms with Crippen LogP contribution in [0.25, 0.3) is 0 Å². The summed E-state index contributed by atoms with van der Waals surface area (Å²) in [6, 6.07) is 28.1. The van der Waals surface area contributed by atoms with E-state index in [1.165, 1.54) is 15.6 Å². The molecule has 2 heteroatoms. The van der Waals surface area contributed by atoms with Crippen LogP contribution >= 0.6 is 0 Å². The molecule has 0 atom stereocenters. The van der Waals surface area contributed by atoms with E-state index in [0.717, 1.165) is 0 Å². The predicted octanol–water partition coefficient (Wildman–Crippen LogP) is 3.41. The second-order valence-electron chi connectivity index (χ2n) is 5.55. The van der Waals surface area contributed by atoms with Gasteiger partial charge in [0.2, 0.25) is 0 Å². The molecule has 0 aliphatic heterocycles. The lowest BCUT2D eigenvalue weighted by atomic mass is 10.3. The van der Waals surface area contributed by atoms with Gasteiger partial charge < -0.3 is 0 Å². The van der Waals surface area contributed by atoms with Crippen molar-refractivity contribution < 1.29 is 4.39 Å². The zero-order chi connectivity index (χ0) is 16.1. The monoisotopic (exact) mass is 318 g/mol. The van der Waals surface area contributed by atoms with Crippen molar-refractivity contribution in [2.45, 2.75) is 6.92 Å². The maximum Gasteiger partial charge on any atom is 0.172 e. The Morgan fingerprint density at radius 2 is 1.09 bits per heavy atom. The SMILES string of the molecule is C/C=C/[Si](c1ccccc1)(c1ccccc1)c1ccc(F)cc1. The summed E-state index contributed by atoms with van der Waals surface area (Å²) in [4.78, 5) is 0. The second-order valence-corrected chi connectivity index (χ2v) is 9.23. The molecular formula is C21H19FSi. The van der Waals surface area contributed by atoms with Crippen LogP contribution in [0.1, 0.15) is 6.92 Å². The summed E-state index contributed by atoms with van der Waals surface area (Å²) in [5.41, 5.74) is 2.32. The molecule has 23 heavy (non-hydrogen) atoms. The van der Waals surface area contributed by atoms with Crippen LogP contribution in [0.3, 0.4) is 0 Å². The van der Waals surface area contributed by atoms with Gasteiger partial charge in [0.25, 0.3) is 0 Å². The molecule has 3 rings (SSSR count). The fourth-order valence-electron chi connectivity index (χ4n) is 3.15. The van der Waals surface area contributed by atoms with Crippen molar-refractivity contribution in [3.8, 4) is 0 Å². The molecular weight excluding hydrogens is 299 g/mol. The van der Waals surface area contributed by atoms with Gasteiger partial charge in [-0.2, -0.15) is 0 Å². The molecule has 0 spiro atoms. The third kappa shape index (κ3) is 2.90. The molecule has 3 aromatic carbocycles. The predicted molar refractivity (Wildman–Crippen MR) is 98.8 cm³/mol. The van der Waals surface area contributed by atoms with E-state index >= 15 is 0 Å². The molecule has 0 fully saturated rings. The third-order valence-corrected chi connectivity index (χ3v) is 8.74. The van der Waals surface area contributed by atoms with Crippen molar-refractivity contribution in [3.05, 3.63) is 103 Å². The van der Waals surface area contributed by atoms with Crippen LogP contribution in [0.15, 0.2) is 96.7 Å². The van der Waals surface area contributed by atoms with Crippen molar-refractivity contribution in [3.63, 3.8) is 0 Å². The van der Waals surface area contributed by atoms with Gasteiger partial charge in [-0.15, -0.1) is 0 Å². The molecule has 0 bridgehead atoms. The molecule has 0 radical (unpaired) electrons. The Bertz CT molecular complexity index is 738. The highest BCUT2D eigenvalue weighted by Crippen LogP contribution is 2.10. The van der Waals surface area contributed by atoms with Crippen molar-refractivity contribution in [2.75, 3.05) is 0 Å². The summed E-state index contributed by atoms with van der Waals surface area (Å²) in [6.07, 6.45) is 2.12. The molecule has 0 aliphatic carbocycles. The summed E-state index contributed by atoms with van der Waals surface area (Å²) in [5, 5.41) is 3.79. The van der Waals surface area contributed by atoms with Gasteiger partial charge in [-0.1, -0.05) is 84.6 Å². The van der Waals surface area contributed by atoms with Crippen LogP contribution in [0.5, 0.6) is 0 Å². The number of hydrogen-bond donors (Lipinski definition) is 0. The lowest BCUT2D eigenvalue weighted by Crippen LogP contribution is -2.66. The topological polar surface area (TPSA) is 0 Å². The molecule has 114 valence electrons. The minimum atomic E-state index is -2.29. The summed E-state index contributed by atoms with van der Waals surface area (Å²) in [7, 11) is -2.29. The summed E-state index contributed by atoms with van der Waals surface area (Å²) < 4.78 is 13.5. The number of benzene rings is 3. The maximum absolute atomic E-state index is 13.5. The zero-order valence-electron chi connectivity index (χ0n) is 13.1. The van der Waals surface area contributed by atoms with E-state index in [0.29, 0.717) is 0 Å². The summed E-state index contributed by atoms with van der Waals surface area (Å²) >= 11 is 0. The molecule has 0 N–H and O–H groups in total. The first-order chi connectivity index (χ1) is 11.3. The minimum Gasteiger partial charge on any atom is -0.207 e. The van der Waals surface area contributed by atoms with Crippen molar-refractivity contribution in [1.82, 2.24) is 0 Å². The first kappa shape index (κ1) is 15.4. The fourth-order valence-corrected chi connectivity index (χ4v) is 7.36. The summed E-state index contributed by atoms with van der Waals surface area (Å²) in [6.45, 7) is 2.05. The van der Waals surface area contributed by atoms with Crippen LogP contribution in [-0.4, -0.2) is 8.07 Å². The normalized spacial score (nSPS) is 11.7. The van der Waals surface area contributed by atoms with E-state index < -0.39 is 8.07 Å². The van der Waals surface area contributed by atoms with Gasteiger partial charge in [0, 0.05) is 0 Å². The Morgan fingerprint density at radius 1 is 0.652 bits per heavy atom. The largest absolute Gasteiger partial charge is 0.207 e. The van der Waals surface area contributed by atoms with Crippen molar-refractivity contribution in [1.29, 1.82) is 0 Å². The fraction of sp³-hybridized carbons (Fsp3) is 0.0476. The number of halogens is 1. The van der Waals surface area contributed by atoms with Gasteiger partial charge in [-0.25, -0.2) is 4.39 Å². The molecule has 0 aliphatic rings. The van der Waals surface area contributed by atoms with E-state index in [9.17, 15) is 4.39 Å². The zero-order valence-corrected chi connectivity index (χ0v) is 14.1. The van der Waals surface area contributed by atoms with Gasteiger partial charge in [-0.05, 0) is 34.6 Å². The molecule has 3 aromatic rings. The highest BCUT2D eigenvalue weighted by Gasteiger charge is 2.36. The maximum atomic E-state index is 13.5. The molecule has 0 nitrogen and oxygen atoms in total. The van der Waals surface area contributed by atoms with E-state index in [2.05, 4.69) is 67.2 Å². The number of rotatable bonds is 4. The Labute approximate surface area is 137 Å². The highest BCUT2D eigenvalue weighted by molar-refractivity contribution is 7.14. The lowest BCUT2D eigenvalue weighted by Gasteiger charge is -2.30. The number of hydrogen-bond acceptors (Lipinski definition) is 0. The van der Waals surface area contributed by atoms with E-state index in [-0.39, 0.29) is 5.82 Å². The Hall–Kier alpha value is -2.45. The van der Waals surface area contributed by atoms with Crippen molar-refractivity contribution in [2.24, 2.45) is 0 Å².